The number of ether oxygens (including phenoxy) is 2. The summed E-state index contributed by atoms with van der Waals surface area (Å²) in [6.07, 6.45) is 0. The van der Waals surface area contributed by atoms with Crippen molar-refractivity contribution in [3.05, 3.63) is 23.8 Å². The van der Waals surface area contributed by atoms with E-state index in [1.807, 2.05) is 19.9 Å². The van der Waals surface area contributed by atoms with Crippen LogP contribution < -0.4 is 19.5 Å². The van der Waals surface area contributed by atoms with E-state index in [9.17, 15) is 8.42 Å². The molecule has 0 bridgehead atoms. The van der Waals surface area contributed by atoms with Gasteiger partial charge in [-0.25, -0.2) is 13.1 Å². The van der Waals surface area contributed by atoms with Crippen LogP contribution in [0.15, 0.2) is 18.2 Å². The predicted molar refractivity (Wildman–Crippen MR) is 80.9 cm³/mol. The summed E-state index contributed by atoms with van der Waals surface area (Å²) in [7, 11) is -3.35. The molecule has 1 unspecified atom stereocenters. The molecule has 0 amide bonds. The zero-order valence-electron chi connectivity index (χ0n) is 12.5. The highest BCUT2D eigenvalue weighted by atomic mass is 32.2. The molecule has 2 N–H and O–H groups in total. The van der Waals surface area contributed by atoms with Crippen LogP contribution in [-0.4, -0.2) is 33.0 Å². The predicted octanol–water partition coefficient (Wildman–Crippen LogP) is 1.22. The van der Waals surface area contributed by atoms with Crippen molar-refractivity contribution in [1.29, 1.82) is 0 Å². The molecule has 0 saturated carbocycles. The highest BCUT2D eigenvalue weighted by Crippen LogP contribution is 2.32. The standard InChI is InChI=1S/C14H22N2O4S/c1-10(2)15-7-11(3)21(17,18)16-8-12-4-5-13-14(6-12)20-9-19-13/h4-6,10-11,15-16H,7-9H2,1-3H3. The lowest BCUT2D eigenvalue weighted by atomic mass is 10.2. The maximum atomic E-state index is 12.1. The number of nitrogens with one attached hydrogen (secondary N) is 2. The van der Waals surface area contributed by atoms with E-state index in [0.717, 1.165) is 5.56 Å². The summed E-state index contributed by atoms with van der Waals surface area (Å²) < 4.78 is 37.4. The second kappa shape index (κ2) is 6.64. The van der Waals surface area contributed by atoms with Gasteiger partial charge in [-0.2, -0.15) is 0 Å². The fraction of sp³-hybridized carbons (Fsp3) is 0.571. The molecule has 1 heterocycles. The Kier molecular flexibility index (Phi) is 5.08. The zero-order chi connectivity index (χ0) is 15.5. The monoisotopic (exact) mass is 314 g/mol. The van der Waals surface area contributed by atoms with Crippen molar-refractivity contribution in [2.24, 2.45) is 0 Å². The van der Waals surface area contributed by atoms with Gasteiger partial charge in [0.2, 0.25) is 16.8 Å². The van der Waals surface area contributed by atoms with E-state index in [-0.39, 0.29) is 19.4 Å². The first-order chi connectivity index (χ1) is 9.88. The second-order valence-corrected chi connectivity index (χ2v) is 7.61. The molecule has 1 aromatic carbocycles. The third-order valence-electron chi connectivity index (χ3n) is 3.26. The quantitative estimate of drug-likeness (QED) is 0.791. The molecule has 1 aliphatic rings. The fourth-order valence-electron chi connectivity index (χ4n) is 1.89. The number of hydrogen-bond acceptors (Lipinski definition) is 5. The number of rotatable bonds is 7. The van der Waals surface area contributed by atoms with Gasteiger partial charge < -0.3 is 14.8 Å². The average Bonchev–Trinajstić information content (AvgIpc) is 2.89. The van der Waals surface area contributed by atoms with E-state index in [0.29, 0.717) is 18.0 Å². The normalized spacial score (nSPS) is 15.4. The van der Waals surface area contributed by atoms with Crippen molar-refractivity contribution < 1.29 is 17.9 Å². The van der Waals surface area contributed by atoms with Crippen molar-refractivity contribution in [3.8, 4) is 11.5 Å². The Morgan fingerprint density at radius 2 is 1.90 bits per heavy atom. The number of fused-ring (bicyclic) bond motifs is 1. The SMILES string of the molecule is CC(C)NCC(C)S(=O)(=O)NCc1ccc2c(c1)OCO2. The van der Waals surface area contributed by atoms with Crippen molar-refractivity contribution in [2.45, 2.75) is 38.6 Å². The maximum Gasteiger partial charge on any atom is 0.231 e. The molecule has 0 spiro atoms. The molecule has 6 nitrogen and oxygen atoms in total. The molecule has 0 radical (unpaired) electrons. The van der Waals surface area contributed by atoms with Crippen LogP contribution in [0, 0.1) is 0 Å². The van der Waals surface area contributed by atoms with Gasteiger partial charge in [0.05, 0.1) is 5.25 Å². The Morgan fingerprint density at radius 1 is 1.19 bits per heavy atom. The minimum absolute atomic E-state index is 0.211. The Balaban J connectivity index is 1.92. The van der Waals surface area contributed by atoms with Crippen LogP contribution in [0.5, 0.6) is 11.5 Å². The molecular formula is C14H22N2O4S. The van der Waals surface area contributed by atoms with Gasteiger partial charge in [-0.05, 0) is 24.6 Å². The molecule has 21 heavy (non-hydrogen) atoms. The molecular weight excluding hydrogens is 292 g/mol. The van der Waals surface area contributed by atoms with E-state index in [4.69, 9.17) is 9.47 Å². The molecule has 7 heteroatoms. The van der Waals surface area contributed by atoms with Crippen molar-refractivity contribution in [2.75, 3.05) is 13.3 Å². The lowest BCUT2D eigenvalue weighted by molar-refractivity contribution is 0.174. The van der Waals surface area contributed by atoms with E-state index in [1.165, 1.54) is 0 Å². The molecule has 1 atom stereocenters. The summed E-state index contributed by atoms with van der Waals surface area (Å²) >= 11 is 0. The number of hydrogen-bond donors (Lipinski definition) is 2. The zero-order valence-corrected chi connectivity index (χ0v) is 13.4. The molecule has 0 aromatic heterocycles. The van der Waals surface area contributed by atoms with Gasteiger partial charge in [-0.1, -0.05) is 19.9 Å². The topological polar surface area (TPSA) is 76.7 Å². The van der Waals surface area contributed by atoms with Crippen LogP contribution in [0.4, 0.5) is 0 Å². The van der Waals surface area contributed by atoms with E-state index in [2.05, 4.69) is 10.0 Å². The fourth-order valence-corrected chi connectivity index (χ4v) is 2.86. The lowest BCUT2D eigenvalue weighted by Crippen LogP contribution is -2.40. The van der Waals surface area contributed by atoms with Crippen LogP contribution in [0.25, 0.3) is 0 Å². The first-order valence-electron chi connectivity index (χ1n) is 6.99. The Labute approximate surface area is 125 Å². The number of sulfonamides is 1. The van der Waals surface area contributed by atoms with Crippen LogP contribution >= 0.6 is 0 Å². The van der Waals surface area contributed by atoms with Gasteiger partial charge >= 0.3 is 0 Å². The van der Waals surface area contributed by atoms with Crippen LogP contribution in [0.3, 0.4) is 0 Å². The van der Waals surface area contributed by atoms with Gasteiger partial charge in [-0.15, -0.1) is 0 Å². The molecule has 2 rings (SSSR count). The van der Waals surface area contributed by atoms with Gasteiger partial charge in [0.25, 0.3) is 0 Å². The van der Waals surface area contributed by atoms with Gasteiger partial charge in [0, 0.05) is 19.1 Å². The largest absolute Gasteiger partial charge is 0.454 e. The molecule has 0 saturated heterocycles. The summed E-state index contributed by atoms with van der Waals surface area (Å²) in [5.41, 5.74) is 0.840. The molecule has 0 aliphatic carbocycles. The van der Waals surface area contributed by atoms with Crippen LogP contribution in [0.2, 0.25) is 0 Å². The summed E-state index contributed by atoms with van der Waals surface area (Å²) in [6.45, 7) is 6.54. The van der Waals surface area contributed by atoms with Gasteiger partial charge in [0.15, 0.2) is 11.5 Å². The van der Waals surface area contributed by atoms with Crippen LogP contribution in [0.1, 0.15) is 26.3 Å². The molecule has 118 valence electrons. The highest BCUT2D eigenvalue weighted by Gasteiger charge is 2.21. The minimum atomic E-state index is -3.35. The van der Waals surface area contributed by atoms with Crippen molar-refractivity contribution in [3.63, 3.8) is 0 Å². The smallest absolute Gasteiger partial charge is 0.231 e. The van der Waals surface area contributed by atoms with Crippen molar-refractivity contribution in [1.82, 2.24) is 10.0 Å². The Hall–Kier alpha value is -1.31. The lowest BCUT2D eigenvalue weighted by Gasteiger charge is -2.16. The highest BCUT2D eigenvalue weighted by molar-refractivity contribution is 7.90. The third kappa shape index (κ3) is 4.33. The first-order valence-corrected chi connectivity index (χ1v) is 8.53. The van der Waals surface area contributed by atoms with Gasteiger partial charge in [0.1, 0.15) is 0 Å². The van der Waals surface area contributed by atoms with E-state index in [1.54, 1.807) is 19.1 Å². The second-order valence-electron chi connectivity index (χ2n) is 5.43. The minimum Gasteiger partial charge on any atom is -0.454 e. The van der Waals surface area contributed by atoms with Gasteiger partial charge in [-0.3, -0.25) is 0 Å². The maximum absolute atomic E-state index is 12.1. The van der Waals surface area contributed by atoms with Crippen LogP contribution in [-0.2, 0) is 16.6 Å². The molecule has 1 aromatic rings. The average molecular weight is 314 g/mol. The van der Waals surface area contributed by atoms with E-state index >= 15 is 0 Å². The first kappa shape index (κ1) is 16.1. The third-order valence-corrected chi connectivity index (χ3v) is 5.03. The molecule has 1 aliphatic heterocycles. The van der Waals surface area contributed by atoms with Crippen molar-refractivity contribution >= 4 is 10.0 Å². The molecule has 0 fully saturated rings. The summed E-state index contributed by atoms with van der Waals surface area (Å²) in [5.74, 6) is 1.34. The number of benzene rings is 1. The van der Waals surface area contributed by atoms with E-state index < -0.39 is 15.3 Å². The Bertz CT molecular complexity index is 587. The Morgan fingerprint density at radius 3 is 2.62 bits per heavy atom. The summed E-state index contributed by atoms with van der Waals surface area (Å²) in [5, 5.41) is 2.64. The summed E-state index contributed by atoms with van der Waals surface area (Å²) in [6, 6.07) is 5.67. The summed E-state index contributed by atoms with van der Waals surface area (Å²) in [4.78, 5) is 0.